The smallest absolute Gasteiger partial charge is 0.292 e. The summed E-state index contributed by atoms with van der Waals surface area (Å²) < 4.78 is 27.5. The van der Waals surface area contributed by atoms with Crippen LogP contribution in [0.5, 0.6) is 0 Å². The van der Waals surface area contributed by atoms with Gasteiger partial charge in [-0.15, -0.1) is 0 Å². The summed E-state index contributed by atoms with van der Waals surface area (Å²) in [6.07, 6.45) is 0. The zero-order chi connectivity index (χ0) is 15.7. The van der Waals surface area contributed by atoms with Crippen LogP contribution >= 0.6 is 0 Å². The van der Waals surface area contributed by atoms with Gasteiger partial charge in [-0.05, 0) is 26.0 Å². The van der Waals surface area contributed by atoms with Gasteiger partial charge in [0.1, 0.15) is 29.6 Å². The van der Waals surface area contributed by atoms with Crippen LogP contribution in [0, 0.1) is 35.6 Å². The van der Waals surface area contributed by atoms with Crippen molar-refractivity contribution < 1.29 is 18.5 Å². The number of aromatic nitrogens is 2. The predicted octanol–water partition coefficient (Wildman–Crippen LogP) is 2.57. The van der Waals surface area contributed by atoms with Gasteiger partial charge >= 0.3 is 5.69 Å². The molecule has 6 nitrogen and oxygen atoms in total. The number of hydrogen-bond acceptors (Lipinski definition) is 4. The Labute approximate surface area is 118 Å². The third-order valence-corrected chi connectivity index (χ3v) is 3.05. The number of aryl methyl sites for hydroxylation is 1. The fourth-order valence-corrected chi connectivity index (χ4v) is 2.04. The van der Waals surface area contributed by atoms with Crippen molar-refractivity contribution in [3.8, 4) is 0 Å². The second-order valence-corrected chi connectivity index (χ2v) is 4.48. The molecule has 1 aromatic heterocycles. The quantitative estimate of drug-likeness (QED) is 0.493. The van der Waals surface area contributed by atoms with Gasteiger partial charge in [0.15, 0.2) is 5.78 Å². The molecule has 0 unspecified atom stereocenters. The lowest BCUT2D eigenvalue weighted by molar-refractivity contribution is -0.386. The highest BCUT2D eigenvalue weighted by atomic mass is 19.1. The van der Waals surface area contributed by atoms with E-state index in [4.69, 9.17) is 0 Å². The van der Waals surface area contributed by atoms with E-state index in [-0.39, 0.29) is 29.2 Å². The molecule has 2 rings (SSSR count). The molecule has 21 heavy (non-hydrogen) atoms. The summed E-state index contributed by atoms with van der Waals surface area (Å²) in [4.78, 5) is 22.3. The molecule has 0 radical (unpaired) electrons. The SMILES string of the molecule is Cc1nn(CC(=O)c2ccc(F)cc2F)c(C)c1[N+](=O)[O-]. The Morgan fingerprint density at radius 2 is 2.05 bits per heavy atom. The van der Waals surface area contributed by atoms with Crippen molar-refractivity contribution in [2.24, 2.45) is 0 Å². The summed E-state index contributed by atoms with van der Waals surface area (Å²) in [7, 11) is 0. The molecule has 110 valence electrons. The Hall–Kier alpha value is -2.64. The minimum Gasteiger partial charge on any atom is -0.292 e. The van der Waals surface area contributed by atoms with Gasteiger partial charge in [-0.1, -0.05) is 0 Å². The maximum absolute atomic E-state index is 13.5. The fraction of sp³-hybridized carbons (Fsp3) is 0.231. The van der Waals surface area contributed by atoms with Crippen LogP contribution in [-0.4, -0.2) is 20.5 Å². The highest BCUT2D eigenvalue weighted by molar-refractivity contribution is 5.96. The number of rotatable bonds is 4. The van der Waals surface area contributed by atoms with Gasteiger partial charge in [0.2, 0.25) is 0 Å². The summed E-state index contributed by atoms with van der Waals surface area (Å²) in [6, 6.07) is 2.62. The molecule has 0 atom stereocenters. The molecular weight excluding hydrogens is 284 g/mol. The first kappa shape index (κ1) is 14.8. The number of halogens is 2. The zero-order valence-electron chi connectivity index (χ0n) is 11.3. The molecule has 0 bridgehead atoms. The number of nitro groups is 1. The van der Waals surface area contributed by atoms with Crippen LogP contribution in [0.1, 0.15) is 21.7 Å². The van der Waals surface area contributed by atoms with Crippen LogP contribution in [0.3, 0.4) is 0 Å². The van der Waals surface area contributed by atoms with Gasteiger partial charge in [-0.3, -0.25) is 19.6 Å². The molecular formula is C13H11F2N3O3. The molecule has 2 aromatic rings. The predicted molar refractivity (Wildman–Crippen MR) is 69.0 cm³/mol. The number of hydrogen-bond donors (Lipinski definition) is 0. The first-order chi connectivity index (χ1) is 9.81. The molecule has 0 N–H and O–H groups in total. The normalized spacial score (nSPS) is 10.7. The summed E-state index contributed by atoms with van der Waals surface area (Å²) in [5.74, 6) is -2.41. The van der Waals surface area contributed by atoms with Crippen LogP contribution in [-0.2, 0) is 6.54 Å². The fourth-order valence-electron chi connectivity index (χ4n) is 2.04. The van der Waals surface area contributed by atoms with E-state index in [1.807, 2.05) is 0 Å². The first-order valence-electron chi connectivity index (χ1n) is 5.98. The molecule has 1 heterocycles. The Morgan fingerprint density at radius 1 is 1.38 bits per heavy atom. The van der Waals surface area contributed by atoms with Gasteiger partial charge in [-0.25, -0.2) is 8.78 Å². The number of benzene rings is 1. The van der Waals surface area contributed by atoms with Crippen molar-refractivity contribution in [3.63, 3.8) is 0 Å². The molecule has 0 aliphatic carbocycles. The summed E-state index contributed by atoms with van der Waals surface area (Å²) in [5.41, 5.74) is -0.0905. The standard InChI is InChI=1S/C13H11F2N3O3/c1-7-13(18(20)21)8(2)17(16-7)6-12(19)10-4-3-9(14)5-11(10)15/h3-5H,6H2,1-2H3. The molecule has 0 saturated heterocycles. The maximum Gasteiger partial charge on any atom is 0.312 e. The average molecular weight is 295 g/mol. The molecule has 0 fully saturated rings. The van der Waals surface area contributed by atoms with Gasteiger partial charge in [0.25, 0.3) is 0 Å². The minimum atomic E-state index is -0.976. The van der Waals surface area contributed by atoms with E-state index in [0.29, 0.717) is 6.07 Å². The molecule has 0 spiro atoms. The zero-order valence-corrected chi connectivity index (χ0v) is 11.3. The highest BCUT2D eigenvalue weighted by Gasteiger charge is 2.23. The number of carbonyl (C=O) groups excluding carboxylic acids is 1. The number of ketones is 1. The van der Waals surface area contributed by atoms with E-state index < -0.39 is 22.3 Å². The Balaban J connectivity index is 2.32. The van der Waals surface area contributed by atoms with E-state index in [1.165, 1.54) is 13.8 Å². The molecule has 8 heteroatoms. The molecule has 0 aliphatic rings. The van der Waals surface area contributed by atoms with Crippen molar-refractivity contribution in [2.45, 2.75) is 20.4 Å². The van der Waals surface area contributed by atoms with Crippen LogP contribution in [0.15, 0.2) is 18.2 Å². The van der Waals surface area contributed by atoms with E-state index in [0.717, 1.165) is 16.8 Å². The van der Waals surface area contributed by atoms with Gasteiger partial charge in [0.05, 0.1) is 10.5 Å². The van der Waals surface area contributed by atoms with Crippen LogP contribution in [0.25, 0.3) is 0 Å². The lowest BCUT2D eigenvalue weighted by Gasteiger charge is -2.04. The summed E-state index contributed by atoms with van der Waals surface area (Å²) >= 11 is 0. The Morgan fingerprint density at radius 3 is 2.57 bits per heavy atom. The van der Waals surface area contributed by atoms with Crippen molar-refractivity contribution in [2.75, 3.05) is 0 Å². The summed E-state index contributed by atoms with van der Waals surface area (Å²) in [6.45, 7) is 2.54. The number of carbonyl (C=O) groups is 1. The second-order valence-electron chi connectivity index (χ2n) is 4.48. The second kappa shape index (κ2) is 5.39. The molecule has 0 aliphatic heterocycles. The van der Waals surface area contributed by atoms with E-state index in [2.05, 4.69) is 5.10 Å². The van der Waals surface area contributed by atoms with Crippen LogP contribution in [0.2, 0.25) is 0 Å². The van der Waals surface area contributed by atoms with Gasteiger partial charge < -0.3 is 0 Å². The van der Waals surface area contributed by atoms with Crippen molar-refractivity contribution in [3.05, 3.63) is 56.9 Å². The van der Waals surface area contributed by atoms with E-state index >= 15 is 0 Å². The largest absolute Gasteiger partial charge is 0.312 e. The minimum absolute atomic E-state index is 0.171. The lowest BCUT2D eigenvalue weighted by atomic mass is 10.1. The van der Waals surface area contributed by atoms with Crippen molar-refractivity contribution in [1.82, 2.24) is 9.78 Å². The highest BCUT2D eigenvalue weighted by Crippen LogP contribution is 2.22. The number of nitrogens with zero attached hydrogens (tertiary/aromatic N) is 3. The first-order valence-corrected chi connectivity index (χ1v) is 5.98. The third kappa shape index (κ3) is 2.78. The Kier molecular flexibility index (Phi) is 3.79. The number of Topliss-reactive ketones (excluding diaryl/α,β-unsaturated/α-hetero) is 1. The van der Waals surface area contributed by atoms with Gasteiger partial charge in [0, 0.05) is 6.07 Å². The maximum atomic E-state index is 13.5. The third-order valence-electron chi connectivity index (χ3n) is 3.05. The van der Waals surface area contributed by atoms with Crippen molar-refractivity contribution >= 4 is 11.5 Å². The topological polar surface area (TPSA) is 78.0 Å². The van der Waals surface area contributed by atoms with Crippen LogP contribution in [0.4, 0.5) is 14.5 Å². The van der Waals surface area contributed by atoms with Crippen LogP contribution < -0.4 is 0 Å². The van der Waals surface area contributed by atoms with Crippen molar-refractivity contribution in [1.29, 1.82) is 0 Å². The molecule has 0 amide bonds. The molecule has 0 saturated carbocycles. The summed E-state index contributed by atoms with van der Waals surface area (Å²) in [5, 5.41) is 14.8. The molecule has 1 aromatic carbocycles. The van der Waals surface area contributed by atoms with E-state index in [1.54, 1.807) is 0 Å². The van der Waals surface area contributed by atoms with Gasteiger partial charge in [-0.2, -0.15) is 5.10 Å². The monoisotopic (exact) mass is 295 g/mol. The lowest BCUT2D eigenvalue weighted by Crippen LogP contribution is -2.14. The Bertz CT molecular complexity index is 741. The average Bonchev–Trinajstić information content (AvgIpc) is 2.63. The van der Waals surface area contributed by atoms with E-state index in [9.17, 15) is 23.7 Å².